The molecule has 0 radical (unpaired) electrons. The van der Waals surface area contributed by atoms with E-state index in [2.05, 4.69) is 17.1 Å². The molecular formula is C28H29ClFN3O4. The number of rotatable bonds is 9. The number of aromatic nitrogens is 3. The van der Waals surface area contributed by atoms with Gasteiger partial charge in [-0.1, -0.05) is 23.7 Å². The highest BCUT2D eigenvalue weighted by Gasteiger charge is 2.43. The van der Waals surface area contributed by atoms with Gasteiger partial charge in [-0.2, -0.15) is 0 Å². The van der Waals surface area contributed by atoms with Crippen LogP contribution in [-0.4, -0.2) is 41.4 Å². The molecule has 2 aromatic heterocycles. The van der Waals surface area contributed by atoms with Crippen molar-refractivity contribution in [2.75, 3.05) is 21.0 Å². The fourth-order valence-corrected chi connectivity index (χ4v) is 5.18. The van der Waals surface area contributed by atoms with Gasteiger partial charge in [-0.3, -0.25) is 0 Å². The summed E-state index contributed by atoms with van der Waals surface area (Å²) in [5.74, 6) is 0.975. The molecule has 0 bridgehead atoms. The first kappa shape index (κ1) is 25.4. The highest BCUT2D eigenvalue weighted by atomic mass is 35.5. The van der Waals surface area contributed by atoms with Crippen LogP contribution >= 0.6 is 11.6 Å². The fourth-order valence-electron chi connectivity index (χ4n) is 4.91. The molecule has 0 unspecified atom stereocenters. The molecule has 194 valence electrons. The molecule has 1 aliphatic rings. The lowest BCUT2D eigenvalue weighted by Crippen LogP contribution is -2.44. The summed E-state index contributed by atoms with van der Waals surface area (Å²) in [6.45, 7) is 4.54. The van der Waals surface area contributed by atoms with Crippen LogP contribution in [-0.2, 0) is 16.1 Å². The normalized spacial score (nSPS) is 19.1. The van der Waals surface area contributed by atoms with Crippen LogP contribution < -0.4 is 9.47 Å². The van der Waals surface area contributed by atoms with Crippen LogP contribution in [0.15, 0.2) is 48.7 Å². The van der Waals surface area contributed by atoms with E-state index in [0.717, 1.165) is 29.7 Å². The maximum absolute atomic E-state index is 15.1. The van der Waals surface area contributed by atoms with Crippen molar-refractivity contribution in [1.82, 2.24) is 14.8 Å². The maximum Gasteiger partial charge on any atom is 0.188 e. The Morgan fingerprint density at radius 1 is 1.11 bits per heavy atom. The molecule has 0 saturated heterocycles. The van der Waals surface area contributed by atoms with Gasteiger partial charge in [-0.05, 0) is 68.1 Å². The van der Waals surface area contributed by atoms with E-state index in [0.29, 0.717) is 39.7 Å². The average molecular weight is 526 g/mol. The summed E-state index contributed by atoms with van der Waals surface area (Å²) in [5, 5.41) is 9.79. The molecule has 7 nitrogen and oxygen atoms in total. The third kappa shape index (κ3) is 5.14. The molecule has 37 heavy (non-hydrogen) atoms. The van der Waals surface area contributed by atoms with E-state index in [4.69, 9.17) is 30.5 Å². The van der Waals surface area contributed by atoms with Crippen molar-refractivity contribution in [3.05, 3.63) is 70.6 Å². The van der Waals surface area contributed by atoms with Gasteiger partial charge in [0.25, 0.3) is 0 Å². The van der Waals surface area contributed by atoms with Crippen molar-refractivity contribution in [1.29, 1.82) is 0 Å². The molecule has 0 N–H and O–H groups in total. The predicted octanol–water partition coefficient (Wildman–Crippen LogP) is 6.50. The molecule has 0 spiro atoms. The molecule has 0 aliphatic heterocycles. The summed E-state index contributed by atoms with van der Waals surface area (Å²) in [6, 6.07) is 13.1. The number of ether oxygens (including phenoxy) is 4. The van der Waals surface area contributed by atoms with Crippen molar-refractivity contribution < 1.29 is 23.3 Å². The Morgan fingerprint density at radius 2 is 1.86 bits per heavy atom. The molecule has 1 aliphatic carbocycles. The van der Waals surface area contributed by atoms with E-state index in [1.165, 1.54) is 13.3 Å². The number of fused-ring (bicyclic) bond motifs is 1. The van der Waals surface area contributed by atoms with Crippen LogP contribution in [0.2, 0.25) is 5.02 Å². The van der Waals surface area contributed by atoms with Crippen LogP contribution in [0.4, 0.5) is 4.39 Å². The number of methoxy groups -OCH3 is 2. The van der Waals surface area contributed by atoms with Gasteiger partial charge in [-0.15, -0.1) is 10.2 Å². The van der Waals surface area contributed by atoms with E-state index in [-0.39, 0.29) is 24.3 Å². The zero-order valence-electron chi connectivity index (χ0n) is 21.3. The second-order valence-electron chi connectivity index (χ2n) is 9.65. The zero-order chi connectivity index (χ0) is 26.2. The largest absolute Gasteiger partial charge is 0.497 e. The Labute approximate surface area is 220 Å². The van der Waals surface area contributed by atoms with Crippen LogP contribution in [0.5, 0.6) is 11.5 Å². The van der Waals surface area contributed by atoms with Crippen LogP contribution in [0.25, 0.3) is 22.3 Å². The standard InChI is InChI=1S/C28H29ClFN3O4/c1-17-9-19(29)10-25(36-16-34-3)26(17)24-11-22-23(30)14-33(27(22)32-31-24)20-12-28(2,13-20)37-15-18-5-7-21(35-4)8-6-18/h5-11,14,20H,12-13,15-16H2,1-4H3. The number of aryl methyl sites for hydroxylation is 1. The number of nitrogens with zero attached hydrogens (tertiary/aromatic N) is 3. The van der Waals surface area contributed by atoms with Gasteiger partial charge in [0.15, 0.2) is 18.3 Å². The monoisotopic (exact) mass is 525 g/mol. The summed E-state index contributed by atoms with van der Waals surface area (Å²) < 4.78 is 39.2. The Hall–Kier alpha value is -3.20. The molecule has 2 aromatic carbocycles. The minimum absolute atomic E-state index is 0.0498. The molecule has 5 rings (SSSR count). The van der Waals surface area contributed by atoms with Crippen molar-refractivity contribution in [2.45, 2.75) is 44.9 Å². The lowest BCUT2D eigenvalue weighted by molar-refractivity contribution is -0.118. The highest BCUT2D eigenvalue weighted by Crippen LogP contribution is 2.46. The molecule has 0 atom stereocenters. The van der Waals surface area contributed by atoms with Gasteiger partial charge in [0, 0.05) is 29.9 Å². The van der Waals surface area contributed by atoms with Crippen LogP contribution in [0.3, 0.4) is 0 Å². The Bertz CT molecular complexity index is 1420. The maximum atomic E-state index is 15.1. The van der Waals surface area contributed by atoms with Gasteiger partial charge in [0.2, 0.25) is 0 Å². The molecule has 1 saturated carbocycles. The highest BCUT2D eigenvalue weighted by molar-refractivity contribution is 6.31. The molecule has 1 fully saturated rings. The van der Waals surface area contributed by atoms with Gasteiger partial charge in [0.05, 0.1) is 30.4 Å². The first-order valence-electron chi connectivity index (χ1n) is 12.0. The number of hydrogen-bond donors (Lipinski definition) is 0. The topological polar surface area (TPSA) is 67.6 Å². The smallest absolute Gasteiger partial charge is 0.188 e. The van der Waals surface area contributed by atoms with Gasteiger partial charge >= 0.3 is 0 Å². The van der Waals surface area contributed by atoms with E-state index < -0.39 is 0 Å². The van der Waals surface area contributed by atoms with Crippen molar-refractivity contribution >= 4 is 22.6 Å². The van der Waals surface area contributed by atoms with Gasteiger partial charge in [0.1, 0.15) is 11.5 Å². The van der Waals surface area contributed by atoms with Gasteiger partial charge < -0.3 is 23.5 Å². The lowest BCUT2D eigenvalue weighted by Gasteiger charge is -2.45. The second kappa shape index (κ2) is 10.3. The van der Waals surface area contributed by atoms with Gasteiger partial charge in [-0.25, -0.2) is 4.39 Å². The summed E-state index contributed by atoms with van der Waals surface area (Å²) in [6.07, 6.45) is 3.01. The minimum atomic E-state index is -0.343. The fraction of sp³-hybridized carbons (Fsp3) is 0.357. The third-order valence-corrected chi connectivity index (χ3v) is 7.07. The summed E-state index contributed by atoms with van der Waals surface area (Å²) in [4.78, 5) is 0. The summed E-state index contributed by atoms with van der Waals surface area (Å²) in [7, 11) is 3.18. The first-order chi connectivity index (χ1) is 17.8. The average Bonchev–Trinajstić information content (AvgIpc) is 3.19. The summed E-state index contributed by atoms with van der Waals surface area (Å²) in [5.41, 5.74) is 3.34. The second-order valence-corrected chi connectivity index (χ2v) is 10.1. The van der Waals surface area contributed by atoms with E-state index in [9.17, 15) is 0 Å². The van der Waals surface area contributed by atoms with Crippen molar-refractivity contribution in [3.63, 3.8) is 0 Å². The van der Waals surface area contributed by atoms with E-state index >= 15 is 4.39 Å². The minimum Gasteiger partial charge on any atom is -0.497 e. The Kier molecular flexibility index (Phi) is 7.07. The molecular weight excluding hydrogens is 497 g/mol. The molecule has 0 amide bonds. The van der Waals surface area contributed by atoms with Crippen molar-refractivity contribution in [2.24, 2.45) is 0 Å². The zero-order valence-corrected chi connectivity index (χ0v) is 22.0. The van der Waals surface area contributed by atoms with E-state index in [1.54, 1.807) is 19.2 Å². The summed E-state index contributed by atoms with van der Waals surface area (Å²) >= 11 is 6.23. The number of halogens is 2. The quantitative estimate of drug-likeness (QED) is 0.232. The van der Waals surface area contributed by atoms with E-state index in [1.807, 2.05) is 41.8 Å². The lowest BCUT2D eigenvalue weighted by atomic mass is 9.76. The number of benzene rings is 2. The molecule has 2 heterocycles. The SMILES string of the molecule is COCOc1cc(Cl)cc(C)c1-c1cc2c(F)cn(C3CC(C)(OCc4ccc(OC)cc4)C3)c2nn1. The Morgan fingerprint density at radius 3 is 2.57 bits per heavy atom. The molecule has 4 aromatic rings. The van der Waals surface area contributed by atoms with Crippen LogP contribution in [0, 0.1) is 12.7 Å². The Balaban J connectivity index is 1.34. The van der Waals surface area contributed by atoms with Crippen molar-refractivity contribution in [3.8, 4) is 22.8 Å². The third-order valence-electron chi connectivity index (χ3n) is 6.86. The van der Waals surface area contributed by atoms with Crippen LogP contribution in [0.1, 0.15) is 36.9 Å². The predicted molar refractivity (Wildman–Crippen MR) is 140 cm³/mol. The molecule has 9 heteroatoms. The number of hydrogen-bond acceptors (Lipinski definition) is 6. The first-order valence-corrected chi connectivity index (χ1v) is 12.4.